The van der Waals surface area contributed by atoms with Crippen molar-refractivity contribution < 1.29 is 26.4 Å². The molecule has 3 N–H and O–H groups in total. The van der Waals surface area contributed by atoms with Gasteiger partial charge in [-0.1, -0.05) is 0 Å². The van der Waals surface area contributed by atoms with Gasteiger partial charge >= 0.3 is 0 Å². The molecule has 1 fully saturated rings. The highest BCUT2D eigenvalue weighted by atomic mass is 32.2. The molecule has 0 radical (unpaired) electrons. The van der Waals surface area contributed by atoms with E-state index in [0.29, 0.717) is 28.4 Å². The number of nitrogens with zero attached hydrogens (tertiary/aromatic N) is 5. The molecule has 4 aromatic rings. The fraction of sp³-hybridized carbons (Fsp3) is 0.320. The number of rotatable bonds is 7. The Morgan fingerprint density at radius 2 is 2.08 bits per heavy atom. The van der Waals surface area contributed by atoms with Crippen LogP contribution < -0.4 is 15.8 Å². The Morgan fingerprint density at radius 3 is 2.85 bits per heavy atom. The van der Waals surface area contributed by atoms with Crippen molar-refractivity contribution in [2.45, 2.75) is 41.9 Å². The predicted molar refractivity (Wildman–Crippen MR) is 137 cm³/mol. The number of aliphatic imine (C=N–C) groups is 1. The summed E-state index contributed by atoms with van der Waals surface area (Å²) in [4.78, 5) is 21.6. The van der Waals surface area contributed by atoms with Crippen molar-refractivity contribution in [1.29, 1.82) is 0 Å². The average molecular weight is 556 g/mol. The molecule has 39 heavy (non-hydrogen) atoms. The van der Waals surface area contributed by atoms with Gasteiger partial charge < -0.3 is 20.2 Å². The number of halogens is 2. The molecule has 11 nitrogen and oxygen atoms in total. The molecule has 6 rings (SSSR count). The molecule has 2 aliphatic heterocycles. The number of aromatic nitrogens is 4. The number of fused-ring (bicyclic) bond motifs is 3. The SMILES string of the molecule is C[C@]1(c2cc(Nc3nccc4nc(OCc5ncco5)cnc34)ccc2F)N=C(N)[C@@]2(CF)CC[C@@H]1S2(=O)=O. The maximum Gasteiger partial charge on any atom is 0.233 e. The summed E-state index contributed by atoms with van der Waals surface area (Å²) in [6, 6.07) is 5.81. The van der Waals surface area contributed by atoms with Gasteiger partial charge in [0.15, 0.2) is 27.0 Å². The molecule has 0 spiro atoms. The van der Waals surface area contributed by atoms with Gasteiger partial charge in [-0.15, -0.1) is 0 Å². The van der Waals surface area contributed by atoms with E-state index < -0.39 is 37.9 Å². The number of nitrogens with two attached hydrogens (primary N) is 1. The standard InChI is InChI=1S/C25H23F2N7O4S/c1-24(18-4-6-25(13-26,23(28)34-24)39(18,35)36)15-10-14(2-3-16(15)27)32-22-21-17(5-7-30-22)33-19(11-31-21)38-12-20-29-8-9-37-20/h2-3,5,7-11,18H,4,6,12-13H2,1H3,(H2,28,34)(H,30,32)/t18-,24+,25-/m0/s1. The number of ether oxygens (including phenoxy) is 1. The minimum atomic E-state index is -4.06. The highest BCUT2D eigenvalue weighted by Crippen LogP contribution is 2.52. The fourth-order valence-electron chi connectivity index (χ4n) is 5.34. The van der Waals surface area contributed by atoms with Crippen LogP contribution in [0.4, 0.5) is 20.3 Å². The summed E-state index contributed by atoms with van der Waals surface area (Å²) in [6.45, 7) is 0.428. The van der Waals surface area contributed by atoms with E-state index in [-0.39, 0.29) is 36.7 Å². The van der Waals surface area contributed by atoms with Crippen LogP contribution in [-0.2, 0) is 22.0 Å². The predicted octanol–water partition coefficient (Wildman–Crippen LogP) is 3.35. The van der Waals surface area contributed by atoms with Crippen LogP contribution in [0.15, 0.2) is 58.5 Å². The number of alkyl halides is 1. The zero-order valence-corrected chi connectivity index (χ0v) is 21.5. The van der Waals surface area contributed by atoms with Crippen LogP contribution in [-0.4, -0.2) is 50.9 Å². The van der Waals surface area contributed by atoms with Crippen LogP contribution in [0.25, 0.3) is 11.0 Å². The Balaban J connectivity index is 1.33. The number of hydrogen-bond acceptors (Lipinski definition) is 11. The molecule has 202 valence electrons. The minimum absolute atomic E-state index is 0.00328. The lowest BCUT2D eigenvalue weighted by Gasteiger charge is -2.39. The molecule has 5 heterocycles. The van der Waals surface area contributed by atoms with Crippen molar-refractivity contribution in [3.8, 4) is 5.88 Å². The molecule has 0 amide bonds. The molecule has 2 bridgehead atoms. The first-order valence-corrected chi connectivity index (χ1v) is 13.6. The first-order valence-electron chi connectivity index (χ1n) is 12.0. The number of amidine groups is 1. The normalized spacial score (nSPS) is 25.4. The number of pyridine rings is 1. The molecule has 1 saturated heterocycles. The summed E-state index contributed by atoms with van der Waals surface area (Å²) in [6.07, 6.45) is 6.02. The third-order valence-electron chi connectivity index (χ3n) is 7.43. The Bertz CT molecular complexity index is 1720. The zero-order valence-electron chi connectivity index (χ0n) is 20.6. The minimum Gasteiger partial charge on any atom is -0.467 e. The lowest BCUT2D eigenvalue weighted by molar-refractivity contribution is 0.253. The van der Waals surface area contributed by atoms with Gasteiger partial charge in [-0.2, -0.15) is 0 Å². The topological polar surface area (TPSA) is 158 Å². The van der Waals surface area contributed by atoms with Gasteiger partial charge in [0.05, 0.1) is 23.2 Å². The molecule has 1 aromatic carbocycles. The van der Waals surface area contributed by atoms with E-state index in [0.717, 1.165) is 0 Å². The van der Waals surface area contributed by atoms with Crippen LogP contribution >= 0.6 is 0 Å². The van der Waals surface area contributed by atoms with E-state index in [4.69, 9.17) is 14.9 Å². The molecular weight excluding hydrogens is 532 g/mol. The van der Waals surface area contributed by atoms with Crippen LogP contribution in [0.3, 0.4) is 0 Å². The summed E-state index contributed by atoms with van der Waals surface area (Å²) in [5, 5.41) is 1.99. The van der Waals surface area contributed by atoms with Crippen molar-refractivity contribution in [2.75, 3.05) is 12.0 Å². The first-order chi connectivity index (χ1) is 18.7. The Hall–Kier alpha value is -4.20. The van der Waals surface area contributed by atoms with Crippen molar-refractivity contribution in [3.05, 3.63) is 66.4 Å². The van der Waals surface area contributed by atoms with E-state index in [9.17, 15) is 12.8 Å². The van der Waals surface area contributed by atoms with Gasteiger partial charge in [0.25, 0.3) is 0 Å². The van der Waals surface area contributed by atoms with Crippen LogP contribution in [0.2, 0.25) is 0 Å². The van der Waals surface area contributed by atoms with E-state index in [1.807, 2.05) is 0 Å². The van der Waals surface area contributed by atoms with Crippen molar-refractivity contribution in [3.63, 3.8) is 0 Å². The number of sulfone groups is 1. The highest BCUT2D eigenvalue weighted by Gasteiger charge is 2.65. The van der Waals surface area contributed by atoms with Gasteiger partial charge in [0.1, 0.15) is 35.6 Å². The largest absolute Gasteiger partial charge is 0.467 e. The number of oxazole rings is 1. The highest BCUT2D eigenvalue weighted by molar-refractivity contribution is 7.94. The van der Waals surface area contributed by atoms with Gasteiger partial charge in [-0.05, 0) is 44.0 Å². The second-order valence-corrected chi connectivity index (χ2v) is 12.1. The Kier molecular flexibility index (Phi) is 5.75. The maximum absolute atomic E-state index is 15.2. The third kappa shape index (κ3) is 3.80. The molecule has 14 heteroatoms. The molecule has 2 aliphatic rings. The zero-order chi connectivity index (χ0) is 27.4. The quantitative estimate of drug-likeness (QED) is 0.346. The van der Waals surface area contributed by atoms with E-state index in [2.05, 4.69) is 30.2 Å². The second-order valence-electron chi connectivity index (χ2n) is 9.61. The number of benzene rings is 1. The van der Waals surface area contributed by atoms with Gasteiger partial charge in [0.2, 0.25) is 11.8 Å². The molecule has 3 aromatic heterocycles. The van der Waals surface area contributed by atoms with Crippen molar-refractivity contribution in [2.24, 2.45) is 10.7 Å². The molecular formula is C25H23F2N7O4S. The summed E-state index contributed by atoms with van der Waals surface area (Å²) < 4.78 is 64.7. The Labute approximate surface area is 221 Å². The van der Waals surface area contributed by atoms with Gasteiger partial charge in [-0.3, -0.25) is 4.99 Å². The number of anilines is 2. The van der Waals surface area contributed by atoms with Gasteiger partial charge in [0, 0.05) is 17.4 Å². The van der Waals surface area contributed by atoms with E-state index in [1.54, 1.807) is 6.07 Å². The Morgan fingerprint density at radius 1 is 1.23 bits per heavy atom. The lowest BCUT2D eigenvalue weighted by atomic mass is 9.86. The molecule has 0 unspecified atom stereocenters. The van der Waals surface area contributed by atoms with Gasteiger partial charge in [-0.25, -0.2) is 37.1 Å². The van der Waals surface area contributed by atoms with Crippen LogP contribution in [0.1, 0.15) is 31.2 Å². The number of nitrogens with one attached hydrogen (secondary N) is 1. The van der Waals surface area contributed by atoms with Crippen LogP contribution in [0, 0.1) is 5.82 Å². The van der Waals surface area contributed by atoms with Crippen molar-refractivity contribution in [1.82, 2.24) is 19.9 Å². The molecule has 0 saturated carbocycles. The summed E-state index contributed by atoms with van der Waals surface area (Å²) in [7, 11) is -4.06. The average Bonchev–Trinajstić information content (AvgIpc) is 3.50. The molecule has 3 atom stereocenters. The fourth-order valence-corrected chi connectivity index (χ4v) is 7.99. The van der Waals surface area contributed by atoms with Crippen LogP contribution in [0.5, 0.6) is 5.88 Å². The summed E-state index contributed by atoms with van der Waals surface area (Å²) >= 11 is 0. The first kappa shape index (κ1) is 25.1. The summed E-state index contributed by atoms with van der Waals surface area (Å²) in [5.74, 6) is -0.0123. The monoisotopic (exact) mass is 555 g/mol. The van der Waals surface area contributed by atoms with E-state index >= 15 is 4.39 Å². The van der Waals surface area contributed by atoms with E-state index in [1.165, 1.54) is 50.0 Å². The number of hydrogen-bond donors (Lipinski definition) is 2. The molecule has 0 aliphatic carbocycles. The maximum atomic E-state index is 15.2. The third-order valence-corrected chi connectivity index (χ3v) is 10.5. The smallest absolute Gasteiger partial charge is 0.233 e. The second kappa shape index (κ2) is 8.93. The lowest BCUT2D eigenvalue weighted by Crippen LogP contribution is -2.58. The summed E-state index contributed by atoms with van der Waals surface area (Å²) in [5.41, 5.74) is 5.82. The van der Waals surface area contributed by atoms with Crippen molar-refractivity contribution >= 4 is 38.2 Å².